The Morgan fingerprint density at radius 3 is 2.38 bits per heavy atom. The van der Waals surface area contributed by atoms with Crippen LogP contribution in [0.1, 0.15) is 59.9 Å². The summed E-state index contributed by atoms with van der Waals surface area (Å²) in [5.41, 5.74) is -0.423. The standard InChI is InChI=1S/C17H17FN2O4/c1-17(2,3)13-9(18)5-4-8-12(13)16(24)20(15(8)23)10-6-7-11(21)19-14(10)22/h4-5,10H,6-7H2,1-3H3,(H,19,21,22). The Kier molecular flexibility index (Phi) is 3.55. The number of nitrogens with one attached hydrogen (secondary N) is 1. The van der Waals surface area contributed by atoms with Gasteiger partial charge in [0, 0.05) is 12.0 Å². The van der Waals surface area contributed by atoms with Crippen molar-refractivity contribution in [2.75, 3.05) is 0 Å². The second kappa shape index (κ2) is 5.22. The summed E-state index contributed by atoms with van der Waals surface area (Å²) in [4.78, 5) is 49.6. The van der Waals surface area contributed by atoms with Gasteiger partial charge in [-0.05, 0) is 24.0 Å². The molecule has 0 saturated carbocycles. The average Bonchev–Trinajstić information content (AvgIpc) is 2.70. The molecule has 0 radical (unpaired) electrons. The van der Waals surface area contributed by atoms with Crippen LogP contribution in [0.4, 0.5) is 4.39 Å². The van der Waals surface area contributed by atoms with Crippen LogP contribution in [0, 0.1) is 5.82 Å². The molecule has 1 aromatic rings. The lowest BCUT2D eigenvalue weighted by atomic mass is 9.82. The predicted octanol–water partition coefficient (Wildman–Crippen LogP) is 1.52. The zero-order chi connectivity index (χ0) is 17.8. The number of hydrogen-bond acceptors (Lipinski definition) is 4. The molecule has 1 atom stereocenters. The number of imide groups is 2. The third-order valence-electron chi connectivity index (χ3n) is 4.31. The Balaban J connectivity index is 2.10. The molecule has 1 unspecified atom stereocenters. The summed E-state index contributed by atoms with van der Waals surface area (Å²) in [5, 5.41) is 2.13. The molecule has 1 aromatic carbocycles. The molecule has 7 heteroatoms. The van der Waals surface area contributed by atoms with Gasteiger partial charge in [-0.2, -0.15) is 0 Å². The van der Waals surface area contributed by atoms with Crippen LogP contribution in [-0.4, -0.2) is 34.6 Å². The van der Waals surface area contributed by atoms with Crippen LogP contribution in [0.5, 0.6) is 0 Å². The molecule has 3 rings (SSSR count). The molecule has 126 valence electrons. The van der Waals surface area contributed by atoms with Crippen LogP contribution in [0.3, 0.4) is 0 Å². The van der Waals surface area contributed by atoms with Crippen molar-refractivity contribution in [3.8, 4) is 0 Å². The minimum atomic E-state index is -1.05. The van der Waals surface area contributed by atoms with Gasteiger partial charge >= 0.3 is 0 Å². The first kappa shape index (κ1) is 16.3. The Labute approximate surface area is 138 Å². The number of halogens is 1. The van der Waals surface area contributed by atoms with E-state index in [1.54, 1.807) is 20.8 Å². The van der Waals surface area contributed by atoms with E-state index in [2.05, 4.69) is 5.32 Å². The van der Waals surface area contributed by atoms with Crippen LogP contribution in [0.25, 0.3) is 0 Å². The first-order valence-electron chi connectivity index (χ1n) is 7.67. The van der Waals surface area contributed by atoms with Gasteiger partial charge in [-0.1, -0.05) is 20.8 Å². The van der Waals surface area contributed by atoms with E-state index in [9.17, 15) is 23.6 Å². The molecule has 0 spiro atoms. The van der Waals surface area contributed by atoms with E-state index in [4.69, 9.17) is 0 Å². The van der Waals surface area contributed by atoms with E-state index in [0.717, 1.165) is 4.90 Å². The monoisotopic (exact) mass is 332 g/mol. The lowest BCUT2D eigenvalue weighted by Gasteiger charge is -2.28. The zero-order valence-corrected chi connectivity index (χ0v) is 13.6. The van der Waals surface area contributed by atoms with Gasteiger partial charge in [0.05, 0.1) is 11.1 Å². The van der Waals surface area contributed by atoms with Gasteiger partial charge < -0.3 is 0 Å². The summed E-state index contributed by atoms with van der Waals surface area (Å²) in [6.07, 6.45) is 0.119. The summed E-state index contributed by atoms with van der Waals surface area (Å²) in [6, 6.07) is 1.39. The number of benzene rings is 1. The maximum atomic E-state index is 14.3. The largest absolute Gasteiger partial charge is 0.295 e. The molecular weight excluding hydrogens is 315 g/mol. The second-order valence-corrected chi connectivity index (χ2v) is 7.04. The van der Waals surface area contributed by atoms with Gasteiger partial charge in [0.15, 0.2) is 0 Å². The highest BCUT2D eigenvalue weighted by molar-refractivity contribution is 6.24. The number of carbonyl (C=O) groups excluding carboxylic acids is 4. The molecule has 0 bridgehead atoms. The number of piperidine rings is 1. The molecule has 1 saturated heterocycles. The van der Waals surface area contributed by atoms with Crippen LogP contribution in [0.15, 0.2) is 12.1 Å². The minimum absolute atomic E-state index is 0.0113. The van der Waals surface area contributed by atoms with Crippen molar-refractivity contribution in [1.82, 2.24) is 10.2 Å². The van der Waals surface area contributed by atoms with Gasteiger partial charge in [0.2, 0.25) is 11.8 Å². The highest BCUT2D eigenvalue weighted by atomic mass is 19.1. The normalized spacial score (nSPS) is 21.2. The molecular formula is C17H17FN2O4. The number of carbonyl (C=O) groups is 4. The molecule has 4 amide bonds. The lowest BCUT2D eigenvalue weighted by Crippen LogP contribution is -2.54. The van der Waals surface area contributed by atoms with E-state index in [0.29, 0.717) is 0 Å². The molecule has 6 nitrogen and oxygen atoms in total. The van der Waals surface area contributed by atoms with Crippen molar-refractivity contribution in [2.45, 2.75) is 45.1 Å². The molecule has 2 heterocycles. The second-order valence-electron chi connectivity index (χ2n) is 7.04. The molecule has 24 heavy (non-hydrogen) atoms. The van der Waals surface area contributed by atoms with Gasteiger partial charge in [-0.3, -0.25) is 29.4 Å². The van der Waals surface area contributed by atoms with Crippen molar-refractivity contribution >= 4 is 23.6 Å². The predicted molar refractivity (Wildman–Crippen MR) is 81.8 cm³/mol. The van der Waals surface area contributed by atoms with Gasteiger partial charge in [0.1, 0.15) is 11.9 Å². The molecule has 1 N–H and O–H groups in total. The molecule has 0 aromatic heterocycles. The number of amides is 4. The van der Waals surface area contributed by atoms with E-state index >= 15 is 0 Å². The molecule has 0 aliphatic carbocycles. The van der Waals surface area contributed by atoms with Crippen LogP contribution in [0.2, 0.25) is 0 Å². The average molecular weight is 332 g/mol. The van der Waals surface area contributed by atoms with Crippen molar-refractivity contribution < 1.29 is 23.6 Å². The Morgan fingerprint density at radius 1 is 1.12 bits per heavy atom. The summed E-state index contributed by atoms with van der Waals surface area (Å²) >= 11 is 0. The third-order valence-corrected chi connectivity index (χ3v) is 4.31. The number of fused-ring (bicyclic) bond motifs is 1. The fourth-order valence-corrected chi connectivity index (χ4v) is 3.26. The van der Waals surface area contributed by atoms with Gasteiger partial charge in [-0.25, -0.2) is 4.39 Å². The first-order valence-corrected chi connectivity index (χ1v) is 7.67. The van der Waals surface area contributed by atoms with E-state index < -0.39 is 40.9 Å². The topological polar surface area (TPSA) is 83.6 Å². The summed E-state index contributed by atoms with van der Waals surface area (Å²) in [5.74, 6) is -3.00. The minimum Gasteiger partial charge on any atom is -0.295 e. The number of nitrogens with zero attached hydrogens (tertiary/aromatic N) is 1. The van der Waals surface area contributed by atoms with E-state index in [-0.39, 0.29) is 29.5 Å². The fourth-order valence-electron chi connectivity index (χ4n) is 3.26. The van der Waals surface area contributed by atoms with Crippen molar-refractivity contribution in [2.24, 2.45) is 0 Å². The molecule has 2 aliphatic rings. The van der Waals surface area contributed by atoms with Crippen molar-refractivity contribution in [1.29, 1.82) is 0 Å². The van der Waals surface area contributed by atoms with Crippen molar-refractivity contribution in [3.63, 3.8) is 0 Å². The van der Waals surface area contributed by atoms with Gasteiger partial charge in [-0.15, -0.1) is 0 Å². The SMILES string of the molecule is CC(C)(C)c1c(F)ccc2c1C(=O)N(C1CCC(=O)NC1=O)C2=O. The lowest BCUT2D eigenvalue weighted by molar-refractivity contribution is -0.136. The fraction of sp³-hybridized carbons (Fsp3) is 0.412. The quantitative estimate of drug-likeness (QED) is 0.791. The van der Waals surface area contributed by atoms with Gasteiger partial charge in [0.25, 0.3) is 11.8 Å². The number of hydrogen-bond donors (Lipinski definition) is 1. The van der Waals surface area contributed by atoms with E-state index in [1.165, 1.54) is 12.1 Å². The Morgan fingerprint density at radius 2 is 1.79 bits per heavy atom. The van der Waals surface area contributed by atoms with Crippen molar-refractivity contribution in [3.05, 3.63) is 34.6 Å². The van der Waals surface area contributed by atoms with Crippen LogP contribution in [-0.2, 0) is 15.0 Å². The summed E-state index contributed by atoms with van der Waals surface area (Å²) in [7, 11) is 0. The van der Waals surface area contributed by atoms with Crippen LogP contribution < -0.4 is 5.32 Å². The maximum absolute atomic E-state index is 14.3. The highest BCUT2D eigenvalue weighted by Crippen LogP contribution is 2.36. The zero-order valence-electron chi connectivity index (χ0n) is 13.6. The van der Waals surface area contributed by atoms with E-state index in [1.807, 2.05) is 0 Å². The maximum Gasteiger partial charge on any atom is 0.262 e. The third kappa shape index (κ3) is 2.31. The highest BCUT2D eigenvalue weighted by Gasteiger charge is 2.47. The molecule has 2 aliphatic heterocycles. The Bertz CT molecular complexity index is 795. The first-order chi connectivity index (χ1) is 11.1. The summed E-state index contributed by atoms with van der Waals surface area (Å²) < 4.78 is 14.3. The Hall–Kier alpha value is -2.57. The van der Waals surface area contributed by atoms with Crippen LogP contribution >= 0.6 is 0 Å². The molecule has 1 fully saturated rings. The number of rotatable bonds is 1. The smallest absolute Gasteiger partial charge is 0.262 e. The summed E-state index contributed by atoms with van der Waals surface area (Å²) in [6.45, 7) is 5.24.